The third-order valence-corrected chi connectivity index (χ3v) is 2.91. The highest BCUT2D eigenvalue weighted by molar-refractivity contribution is 5.75. The highest BCUT2D eigenvalue weighted by atomic mass is 19.2. The van der Waals surface area contributed by atoms with Gasteiger partial charge in [0.05, 0.1) is 12.4 Å². The van der Waals surface area contributed by atoms with Crippen LogP contribution in [-0.4, -0.2) is 23.7 Å². The van der Waals surface area contributed by atoms with Gasteiger partial charge in [-0.1, -0.05) is 0 Å². The zero-order chi connectivity index (χ0) is 13.6. The van der Waals surface area contributed by atoms with E-state index >= 15 is 0 Å². The number of nitrogens with zero attached hydrogens (tertiary/aromatic N) is 4. The maximum atomic E-state index is 13.3. The molecule has 0 radical (unpaired) electrons. The third-order valence-electron chi connectivity index (χ3n) is 2.91. The lowest BCUT2D eigenvalue weighted by Crippen LogP contribution is -2.24. The van der Waals surface area contributed by atoms with Gasteiger partial charge in [0.15, 0.2) is 29.1 Å². The van der Waals surface area contributed by atoms with Crippen molar-refractivity contribution in [2.75, 3.05) is 23.5 Å². The van der Waals surface area contributed by atoms with Gasteiger partial charge in [0, 0.05) is 31.6 Å². The summed E-state index contributed by atoms with van der Waals surface area (Å²) in [5.41, 5.74) is 0.197. The average Bonchev–Trinajstić information content (AvgIpc) is 2.74. The Labute approximate surface area is 107 Å². The summed E-state index contributed by atoms with van der Waals surface area (Å²) >= 11 is 0. The van der Waals surface area contributed by atoms with Gasteiger partial charge in [-0.3, -0.25) is 0 Å². The number of fused-ring (bicyclic) bond motifs is 1. The molecule has 0 atom stereocenters. The first-order valence-electron chi connectivity index (χ1n) is 5.52. The molecule has 0 aliphatic carbocycles. The molecule has 19 heavy (non-hydrogen) atoms. The van der Waals surface area contributed by atoms with Crippen molar-refractivity contribution in [2.24, 2.45) is 0 Å². The highest BCUT2D eigenvalue weighted by Crippen LogP contribution is 2.36. The van der Waals surface area contributed by atoms with Crippen molar-refractivity contribution in [1.82, 2.24) is 9.97 Å². The molecule has 2 heterocycles. The first-order chi connectivity index (χ1) is 9.08. The number of benzene rings is 1. The Bertz CT molecular complexity index is 624. The molecule has 0 amide bonds. The summed E-state index contributed by atoms with van der Waals surface area (Å²) < 4.78 is 39.5. The summed E-state index contributed by atoms with van der Waals surface area (Å²) in [6.45, 7) is 0.337. The van der Waals surface area contributed by atoms with Crippen molar-refractivity contribution < 1.29 is 13.2 Å². The van der Waals surface area contributed by atoms with E-state index < -0.39 is 17.5 Å². The third kappa shape index (κ3) is 1.78. The van der Waals surface area contributed by atoms with Crippen LogP contribution in [-0.2, 0) is 0 Å². The molecule has 0 unspecified atom stereocenters. The maximum Gasteiger partial charge on any atom is 0.194 e. The molecule has 0 spiro atoms. The molecule has 0 saturated heterocycles. The minimum atomic E-state index is -1.48. The lowest BCUT2D eigenvalue weighted by atomic mass is 10.2. The summed E-state index contributed by atoms with van der Waals surface area (Å²) in [6, 6.07) is 1.88. The molecule has 1 aliphatic rings. The molecular formula is C12H9F3N4. The van der Waals surface area contributed by atoms with Crippen LogP contribution < -0.4 is 9.80 Å². The van der Waals surface area contributed by atoms with Crippen LogP contribution in [0, 0.1) is 17.5 Å². The standard InChI is InChI=1S/C12H9F3N4/c1-18-6-19(12-11(18)16-2-3-17-12)7-4-8(13)10(15)9(14)5-7/h2-5H,6H2,1H3. The molecular weight excluding hydrogens is 257 g/mol. The van der Waals surface area contributed by atoms with E-state index in [0.29, 0.717) is 18.3 Å². The van der Waals surface area contributed by atoms with Crippen LogP contribution in [0.15, 0.2) is 24.5 Å². The molecule has 1 aromatic carbocycles. The fourth-order valence-corrected chi connectivity index (χ4v) is 2.03. The summed E-state index contributed by atoms with van der Waals surface area (Å²) in [5.74, 6) is -2.84. The van der Waals surface area contributed by atoms with E-state index in [1.54, 1.807) is 16.8 Å². The molecule has 0 saturated carbocycles. The molecule has 3 rings (SSSR count). The molecule has 1 aliphatic heterocycles. The number of anilines is 3. The number of hydrogen-bond acceptors (Lipinski definition) is 4. The number of halogens is 3. The molecule has 0 N–H and O–H groups in total. The summed E-state index contributed by atoms with van der Waals surface area (Å²) in [7, 11) is 1.78. The van der Waals surface area contributed by atoms with Crippen molar-refractivity contribution in [2.45, 2.75) is 0 Å². The largest absolute Gasteiger partial charge is 0.338 e. The Kier molecular flexibility index (Phi) is 2.55. The molecule has 0 fully saturated rings. The van der Waals surface area contributed by atoms with Gasteiger partial charge in [0.25, 0.3) is 0 Å². The average molecular weight is 266 g/mol. The van der Waals surface area contributed by atoms with Gasteiger partial charge in [-0.25, -0.2) is 23.1 Å². The summed E-state index contributed by atoms with van der Waals surface area (Å²) in [5, 5.41) is 0. The van der Waals surface area contributed by atoms with E-state index in [1.165, 1.54) is 12.4 Å². The van der Waals surface area contributed by atoms with E-state index in [-0.39, 0.29) is 5.69 Å². The van der Waals surface area contributed by atoms with Gasteiger partial charge in [0.1, 0.15) is 0 Å². The number of rotatable bonds is 1. The van der Waals surface area contributed by atoms with E-state index in [1.807, 2.05) is 0 Å². The van der Waals surface area contributed by atoms with E-state index in [2.05, 4.69) is 9.97 Å². The molecule has 7 heteroatoms. The van der Waals surface area contributed by atoms with Gasteiger partial charge in [-0.05, 0) is 0 Å². The van der Waals surface area contributed by atoms with Gasteiger partial charge in [-0.2, -0.15) is 0 Å². The summed E-state index contributed by atoms with van der Waals surface area (Å²) in [6.07, 6.45) is 3.02. The number of aromatic nitrogens is 2. The second kappa shape index (κ2) is 4.11. The normalized spacial score (nSPS) is 13.9. The zero-order valence-electron chi connectivity index (χ0n) is 9.94. The van der Waals surface area contributed by atoms with Crippen LogP contribution in [0.1, 0.15) is 0 Å². The minimum Gasteiger partial charge on any atom is -0.338 e. The molecule has 2 aromatic rings. The number of hydrogen-bond donors (Lipinski definition) is 0. The van der Waals surface area contributed by atoms with Crippen molar-refractivity contribution in [3.8, 4) is 0 Å². The Morgan fingerprint density at radius 1 is 1.00 bits per heavy atom. The first kappa shape index (κ1) is 11.8. The molecule has 0 bridgehead atoms. The van der Waals surface area contributed by atoms with Gasteiger partial charge in [0.2, 0.25) is 0 Å². The van der Waals surface area contributed by atoms with Crippen LogP contribution >= 0.6 is 0 Å². The minimum absolute atomic E-state index is 0.197. The van der Waals surface area contributed by atoms with Crippen LogP contribution in [0.3, 0.4) is 0 Å². The Morgan fingerprint density at radius 2 is 1.58 bits per heavy atom. The quantitative estimate of drug-likeness (QED) is 0.742. The van der Waals surface area contributed by atoms with Crippen LogP contribution in [0.5, 0.6) is 0 Å². The van der Waals surface area contributed by atoms with Crippen LogP contribution in [0.2, 0.25) is 0 Å². The molecule has 1 aromatic heterocycles. The van der Waals surface area contributed by atoms with E-state index in [0.717, 1.165) is 12.1 Å². The Morgan fingerprint density at radius 3 is 2.21 bits per heavy atom. The van der Waals surface area contributed by atoms with Crippen molar-refractivity contribution in [3.05, 3.63) is 42.0 Å². The van der Waals surface area contributed by atoms with Crippen LogP contribution in [0.4, 0.5) is 30.5 Å². The van der Waals surface area contributed by atoms with Gasteiger partial charge < -0.3 is 9.80 Å². The lowest BCUT2D eigenvalue weighted by molar-refractivity contribution is 0.447. The Hall–Kier alpha value is -2.31. The van der Waals surface area contributed by atoms with Crippen LogP contribution in [0.25, 0.3) is 0 Å². The molecule has 98 valence electrons. The first-order valence-corrected chi connectivity index (χ1v) is 5.52. The predicted octanol–water partition coefficient (Wildman–Crippen LogP) is 2.44. The maximum absolute atomic E-state index is 13.3. The SMILES string of the molecule is CN1CN(c2cc(F)c(F)c(F)c2)c2nccnc21. The van der Waals surface area contributed by atoms with Gasteiger partial charge >= 0.3 is 0 Å². The van der Waals surface area contributed by atoms with E-state index in [9.17, 15) is 13.2 Å². The van der Waals surface area contributed by atoms with Crippen molar-refractivity contribution >= 4 is 17.3 Å². The van der Waals surface area contributed by atoms with Gasteiger partial charge in [-0.15, -0.1) is 0 Å². The fourth-order valence-electron chi connectivity index (χ4n) is 2.03. The monoisotopic (exact) mass is 266 g/mol. The summed E-state index contributed by atoms with van der Waals surface area (Å²) in [4.78, 5) is 11.6. The second-order valence-electron chi connectivity index (χ2n) is 4.19. The fraction of sp³-hybridized carbons (Fsp3) is 0.167. The van der Waals surface area contributed by atoms with Crippen molar-refractivity contribution in [1.29, 1.82) is 0 Å². The Balaban J connectivity index is 2.10. The molecule has 4 nitrogen and oxygen atoms in total. The zero-order valence-corrected chi connectivity index (χ0v) is 9.94. The topological polar surface area (TPSA) is 32.3 Å². The highest BCUT2D eigenvalue weighted by Gasteiger charge is 2.28. The second-order valence-corrected chi connectivity index (χ2v) is 4.19. The smallest absolute Gasteiger partial charge is 0.194 e. The lowest BCUT2D eigenvalue weighted by Gasteiger charge is -2.18. The van der Waals surface area contributed by atoms with Crippen molar-refractivity contribution in [3.63, 3.8) is 0 Å². The predicted molar refractivity (Wildman–Crippen MR) is 63.8 cm³/mol. The van der Waals surface area contributed by atoms with E-state index in [4.69, 9.17) is 0 Å².